The fraction of sp³-hybridized carbons (Fsp3) is 0.765. The Labute approximate surface area is 149 Å². The van der Waals surface area contributed by atoms with Gasteiger partial charge < -0.3 is 4.90 Å². The van der Waals surface area contributed by atoms with Crippen molar-refractivity contribution in [2.75, 3.05) is 19.3 Å². The molecule has 1 aliphatic carbocycles. The number of hydrogen-bond donors (Lipinski definition) is 1. The van der Waals surface area contributed by atoms with Crippen molar-refractivity contribution >= 4 is 15.9 Å². The SMILES string of the molecule is CC(C)(C)n1nc(C(=O)N2CCC(NS(C)(=O)=O)CC2)cc1C1CC1. The summed E-state index contributed by atoms with van der Waals surface area (Å²) in [5, 5.41) is 4.61. The number of nitrogens with one attached hydrogen (secondary N) is 1. The lowest BCUT2D eigenvalue weighted by molar-refractivity contribution is 0.0703. The van der Waals surface area contributed by atoms with E-state index in [2.05, 4.69) is 30.6 Å². The van der Waals surface area contributed by atoms with E-state index in [-0.39, 0.29) is 17.5 Å². The Bertz CT molecular complexity index is 751. The first-order valence-corrected chi connectivity index (χ1v) is 10.8. The topological polar surface area (TPSA) is 84.3 Å². The van der Waals surface area contributed by atoms with Gasteiger partial charge in [-0.25, -0.2) is 13.1 Å². The van der Waals surface area contributed by atoms with E-state index in [1.807, 2.05) is 10.7 Å². The summed E-state index contributed by atoms with van der Waals surface area (Å²) >= 11 is 0. The zero-order chi connectivity index (χ0) is 18.4. The summed E-state index contributed by atoms with van der Waals surface area (Å²) in [6.07, 6.45) is 4.77. The number of carbonyl (C=O) groups is 1. The molecule has 1 aromatic heterocycles. The van der Waals surface area contributed by atoms with Gasteiger partial charge in [-0.2, -0.15) is 5.10 Å². The molecule has 0 spiro atoms. The van der Waals surface area contributed by atoms with Crippen molar-refractivity contribution in [2.45, 2.75) is 64.0 Å². The molecule has 0 unspecified atom stereocenters. The minimum atomic E-state index is -3.20. The molecule has 0 bridgehead atoms. The van der Waals surface area contributed by atoms with Gasteiger partial charge in [0.15, 0.2) is 5.69 Å². The smallest absolute Gasteiger partial charge is 0.274 e. The fourth-order valence-electron chi connectivity index (χ4n) is 3.37. The highest BCUT2D eigenvalue weighted by molar-refractivity contribution is 7.88. The molecule has 1 amide bonds. The fourth-order valence-corrected chi connectivity index (χ4v) is 4.21. The second-order valence-corrected chi connectivity index (χ2v) is 10.0. The van der Waals surface area contributed by atoms with Crippen LogP contribution in [0.1, 0.15) is 68.6 Å². The molecule has 1 aromatic rings. The molecule has 2 heterocycles. The summed E-state index contributed by atoms with van der Waals surface area (Å²) in [6, 6.07) is 1.86. The van der Waals surface area contributed by atoms with Crippen LogP contribution in [0.2, 0.25) is 0 Å². The van der Waals surface area contributed by atoms with Gasteiger partial charge in [0.05, 0.1) is 11.8 Å². The lowest BCUT2D eigenvalue weighted by Crippen LogP contribution is -2.46. The third kappa shape index (κ3) is 4.41. The van der Waals surface area contributed by atoms with Crippen LogP contribution >= 0.6 is 0 Å². The summed E-state index contributed by atoms with van der Waals surface area (Å²) in [4.78, 5) is 14.6. The van der Waals surface area contributed by atoms with Gasteiger partial charge in [0.2, 0.25) is 10.0 Å². The van der Waals surface area contributed by atoms with Crippen molar-refractivity contribution in [3.8, 4) is 0 Å². The van der Waals surface area contributed by atoms with Gasteiger partial charge in [-0.15, -0.1) is 0 Å². The predicted molar refractivity (Wildman–Crippen MR) is 96.1 cm³/mol. The van der Waals surface area contributed by atoms with Gasteiger partial charge >= 0.3 is 0 Å². The number of carbonyl (C=O) groups excluding carboxylic acids is 1. The van der Waals surface area contributed by atoms with Crippen LogP contribution in [0, 0.1) is 0 Å². The molecule has 1 saturated heterocycles. The van der Waals surface area contributed by atoms with E-state index in [0.29, 0.717) is 37.5 Å². The molecule has 25 heavy (non-hydrogen) atoms. The Balaban J connectivity index is 1.70. The molecule has 7 nitrogen and oxygen atoms in total. The van der Waals surface area contributed by atoms with E-state index in [0.717, 1.165) is 18.5 Å². The quantitative estimate of drug-likeness (QED) is 0.876. The molecule has 140 valence electrons. The second-order valence-electron chi connectivity index (χ2n) is 8.27. The molecule has 1 N–H and O–H groups in total. The molecule has 2 aliphatic rings. The second kappa shape index (κ2) is 6.39. The molecule has 0 atom stereocenters. The van der Waals surface area contributed by atoms with Crippen molar-refractivity contribution in [3.63, 3.8) is 0 Å². The van der Waals surface area contributed by atoms with Gasteiger partial charge in [-0.05, 0) is 52.5 Å². The molecule has 0 aromatic carbocycles. The van der Waals surface area contributed by atoms with Crippen LogP contribution in [0.3, 0.4) is 0 Å². The molecular formula is C17H28N4O3S. The van der Waals surface area contributed by atoms with Crippen LogP contribution in [-0.4, -0.2) is 54.4 Å². The van der Waals surface area contributed by atoms with Gasteiger partial charge in [0, 0.05) is 30.7 Å². The van der Waals surface area contributed by atoms with Crippen molar-refractivity contribution in [1.29, 1.82) is 0 Å². The van der Waals surface area contributed by atoms with Gasteiger partial charge in [0.1, 0.15) is 0 Å². The Kier molecular flexibility index (Phi) is 4.70. The van der Waals surface area contributed by atoms with Crippen LogP contribution in [0.25, 0.3) is 0 Å². The number of likely N-dealkylation sites (tertiary alicyclic amines) is 1. The van der Waals surface area contributed by atoms with Crippen molar-refractivity contribution < 1.29 is 13.2 Å². The summed E-state index contributed by atoms with van der Waals surface area (Å²) in [5.41, 5.74) is 1.51. The van der Waals surface area contributed by atoms with Gasteiger partial charge in [0.25, 0.3) is 5.91 Å². The number of sulfonamides is 1. The average Bonchev–Trinajstić information content (AvgIpc) is 3.23. The summed E-state index contributed by atoms with van der Waals surface area (Å²) in [5.74, 6) is 0.473. The number of nitrogens with zero attached hydrogens (tertiary/aromatic N) is 3. The highest BCUT2D eigenvalue weighted by atomic mass is 32.2. The summed E-state index contributed by atoms with van der Waals surface area (Å²) in [7, 11) is -3.20. The summed E-state index contributed by atoms with van der Waals surface area (Å²) < 4.78 is 27.3. The number of amides is 1. The highest BCUT2D eigenvalue weighted by Crippen LogP contribution is 2.41. The predicted octanol–water partition coefficient (Wildman–Crippen LogP) is 1.67. The van der Waals surface area contributed by atoms with Crippen LogP contribution in [0.15, 0.2) is 6.07 Å². The summed E-state index contributed by atoms with van der Waals surface area (Å²) in [6.45, 7) is 7.40. The van der Waals surface area contributed by atoms with Crippen LogP contribution in [0.5, 0.6) is 0 Å². The number of aromatic nitrogens is 2. The van der Waals surface area contributed by atoms with Gasteiger partial charge in [-0.3, -0.25) is 9.48 Å². The highest BCUT2D eigenvalue weighted by Gasteiger charge is 2.34. The zero-order valence-electron chi connectivity index (χ0n) is 15.4. The number of piperidine rings is 1. The number of hydrogen-bond acceptors (Lipinski definition) is 4. The first kappa shape index (κ1) is 18.4. The minimum absolute atomic E-state index is 0.0531. The third-order valence-corrected chi connectivity index (χ3v) is 5.51. The first-order valence-electron chi connectivity index (χ1n) is 8.91. The van der Waals surface area contributed by atoms with Crippen molar-refractivity contribution in [1.82, 2.24) is 19.4 Å². The minimum Gasteiger partial charge on any atom is -0.337 e. The lowest BCUT2D eigenvalue weighted by atomic mass is 10.1. The standard InChI is InChI=1S/C17H28N4O3S/c1-17(2,3)21-15(12-5-6-12)11-14(18-21)16(22)20-9-7-13(8-10-20)19-25(4,23)24/h11-13,19H,5-10H2,1-4H3. The molecule has 2 fully saturated rings. The Morgan fingerprint density at radius 3 is 2.28 bits per heavy atom. The maximum Gasteiger partial charge on any atom is 0.274 e. The Morgan fingerprint density at radius 1 is 1.20 bits per heavy atom. The molecule has 3 rings (SSSR count). The van der Waals surface area contributed by atoms with Crippen molar-refractivity contribution in [2.24, 2.45) is 0 Å². The number of rotatable bonds is 4. The maximum atomic E-state index is 12.8. The van der Waals surface area contributed by atoms with E-state index in [4.69, 9.17) is 0 Å². The molecule has 0 radical (unpaired) electrons. The first-order chi connectivity index (χ1) is 11.5. The van der Waals surface area contributed by atoms with E-state index < -0.39 is 10.0 Å². The molecule has 1 aliphatic heterocycles. The third-order valence-electron chi connectivity index (χ3n) is 4.75. The zero-order valence-corrected chi connectivity index (χ0v) is 16.3. The van der Waals surface area contributed by atoms with Crippen LogP contribution < -0.4 is 4.72 Å². The molecular weight excluding hydrogens is 340 g/mol. The Hall–Kier alpha value is -1.41. The van der Waals surface area contributed by atoms with Gasteiger partial charge in [-0.1, -0.05) is 0 Å². The lowest BCUT2D eigenvalue weighted by Gasteiger charge is -2.31. The van der Waals surface area contributed by atoms with Crippen molar-refractivity contribution in [3.05, 3.63) is 17.5 Å². The van der Waals surface area contributed by atoms with E-state index >= 15 is 0 Å². The van der Waals surface area contributed by atoms with Crippen LogP contribution in [-0.2, 0) is 15.6 Å². The van der Waals surface area contributed by atoms with Crippen LogP contribution in [0.4, 0.5) is 0 Å². The normalized spacial score (nSPS) is 20.1. The largest absolute Gasteiger partial charge is 0.337 e. The average molecular weight is 369 g/mol. The Morgan fingerprint density at radius 2 is 1.80 bits per heavy atom. The van der Waals surface area contributed by atoms with E-state index in [9.17, 15) is 13.2 Å². The molecule has 1 saturated carbocycles. The maximum absolute atomic E-state index is 12.8. The monoisotopic (exact) mass is 368 g/mol. The molecule has 8 heteroatoms. The van der Waals surface area contributed by atoms with E-state index in [1.54, 1.807) is 4.90 Å². The van der Waals surface area contributed by atoms with E-state index in [1.165, 1.54) is 6.26 Å².